The number of hydrogen-bond acceptors (Lipinski definition) is 3. The van der Waals surface area contributed by atoms with Crippen LogP contribution in [0.5, 0.6) is 0 Å². The zero-order valence-electron chi connectivity index (χ0n) is 16.9. The second-order valence-corrected chi connectivity index (χ2v) is 9.45. The van der Waals surface area contributed by atoms with Gasteiger partial charge in [0.15, 0.2) is 0 Å². The first kappa shape index (κ1) is 17.9. The number of aromatic nitrogens is 2. The van der Waals surface area contributed by atoms with Gasteiger partial charge in [0.05, 0.1) is 35.9 Å². The van der Waals surface area contributed by atoms with Crippen LogP contribution >= 0.6 is 0 Å². The Morgan fingerprint density at radius 3 is 2.83 bits per heavy atom. The molecule has 2 heterocycles. The van der Waals surface area contributed by atoms with Gasteiger partial charge in [-0.3, -0.25) is 0 Å². The zero-order chi connectivity index (χ0) is 20.9. The van der Waals surface area contributed by atoms with Gasteiger partial charge in [-0.1, -0.05) is 50.3 Å². The van der Waals surface area contributed by atoms with E-state index in [1.165, 1.54) is 11.6 Å². The second kappa shape index (κ2) is 5.39. The Kier molecular flexibility index (Phi) is 3.20. The minimum atomic E-state index is -1.18. The van der Waals surface area contributed by atoms with E-state index >= 15 is 4.39 Å². The number of aliphatic hydroxyl groups is 1. The van der Waals surface area contributed by atoms with Crippen LogP contribution in [0.2, 0.25) is 0 Å². The van der Waals surface area contributed by atoms with E-state index < -0.39 is 16.9 Å². The van der Waals surface area contributed by atoms with Crippen LogP contribution in [-0.4, -0.2) is 14.7 Å². The van der Waals surface area contributed by atoms with Crippen molar-refractivity contribution >= 4 is 6.08 Å². The summed E-state index contributed by atoms with van der Waals surface area (Å²) < 4.78 is 17.3. The minimum Gasteiger partial charge on any atom is -0.378 e. The standard InChI is InChI=1S/C25H22FN3O/c1-23-11-17-6-4-3-5-16(17)10-20(23)25(30)21-13-28-14-29(21)22(24(23,25)2)18-8-7-15(12-27)9-19(18)26/h3-7,9-10,13-14,18,22,30H,8,11H2,1-2H3. The summed E-state index contributed by atoms with van der Waals surface area (Å²) in [5.74, 6) is -0.731. The van der Waals surface area contributed by atoms with Crippen LogP contribution in [0.1, 0.15) is 43.1 Å². The molecule has 0 radical (unpaired) electrons. The lowest BCUT2D eigenvalue weighted by molar-refractivity contribution is -0.204. The number of nitriles is 1. The summed E-state index contributed by atoms with van der Waals surface area (Å²) in [7, 11) is 0. The maximum Gasteiger partial charge on any atom is 0.136 e. The molecule has 3 aliphatic carbocycles. The highest BCUT2D eigenvalue weighted by molar-refractivity contribution is 5.71. The third-order valence-corrected chi connectivity index (χ3v) is 8.46. The van der Waals surface area contributed by atoms with Crippen LogP contribution in [-0.2, 0) is 12.0 Å². The lowest BCUT2D eigenvalue weighted by Gasteiger charge is -2.69. The number of hydrogen-bond donors (Lipinski definition) is 1. The Bertz CT molecular complexity index is 1250. The molecule has 30 heavy (non-hydrogen) atoms. The lowest BCUT2D eigenvalue weighted by atomic mass is 9.35. The first-order valence-corrected chi connectivity index (χ1v) is 10.4. The van der Waals surface area contributed by atoms with Gasteiger partial charge in [0.25, 0.3) is 0 Å². The van der Waals surface area contributed by atoms with Gasteiger partial charge >= 0.3 is 0 Å². The molecule has 5 heteroatoms. The van der Waals surface area contributed by atoms with Crippen molar-refractivity contribution in [1.82, 2.24) is 9.55 Å². The first-order chi connectivity index (χ1) is 14.4. The van der Waals surface area contributed by atoms with Crippen molar-refractivity contribution in [3.8, 4) is 6.07 Å². The highest BCUT2D eigenvalue weighted by Crippen LogP contribution is 2.80. The maximum absolute atomic E-state index is 15.3. The molecule has 0 bridgehead atoms. The average Bonchev–Trinajstić information content (AvgIpc) is 3.28. The topological polar surface area (TPSA) is 61.8 Å². The van der Waals surface area contributed by atoms with Crippen molar-refractivity contribution in [2.24, 2.45) is 16.7 Å². The van der Waals surface area contributed by atoms with E-state index in [-0.39, 0.29) is 17.3 Å². The van der Waals surface area contributed by atoms with Crippen molar-refractivity contribution in [3.63, 3.8) is 0 Å². The Labute approximate surface area is 174 Å². The molecule has 5 unspecified atom stereocenters. The molecule has 5 atom stereocenters. The van der Waals surface area contributed by atoms with Crippen molar-refractivity contribution in [2.45, 2.75) is 38.3 Å². The quantitative estimate of drug-likeness (QED) is 0.761. The molecule has 1 aromatic heterocycles. The van der Waals surface area contributed by atoms with E-state index in [2.05, 4.69) is 37.0 Å². The van der Waals surface area contributed by atoms with E-state index in [0.29, 0.717) is 12.0 Å². The third kappa shape index (κ3) is 1.71. The maximum atomic E-state index is 15.3. The number of allylic oxidation sites excluding steroid dienone is 4. The molecule has 6 rings (SSSR count). The fourth-order valence-electron chi connectivity index (χ4n) is 6.87. The van der Waals surface area contributed by atoms with Gasteiger partial charge in [-0.05, 0) is 35.6 Å². The van der Waals surface area contributed by atoms with Crippen molar-refractivity contribution in [3.05, 3.63) is 82.7 Å². The molecule has 1 N–H and O–H groups in total. The van der Waals surface area contributed by atoms with Gasteiger partial charge in [-0.2, -0.15) is 5.26 Å². The Hall–Kier alpha value is -2.97. The molecule has 1 aromatic carbocycles. The molecule has 4 aliphatic rings. The van der Waals surface area contributed by atoms with Crippen molar-refractivity contribution < 1.29 is 9.50 Å². The van der Waals surface area contributed by atoms with Crippen LogP contribution in [0.4, 0.5) is 4.39 Å². The molecular weight excluding hydrogens is 377 g/mol. The molecular formula is C25H22FN3O. The number of benzene rings is 1. The predicted molar refractivity (Wildman–Crippen MR) is 110 cm³/mol. The molecule has 150 valence electrons. The molecule has 0 spiro atoms. The molecule has 2 aromatic rings. The van der Waals surface area contributed by atoms with Crippen LogP contribution in [0.15, 0.2) is 65.9 Å². The smallest absolute Gasteiger partial charge is 0.136 e. The van der Waals surface area contributed by atoms with Crippen LogP contribution < -0.4 is 0 Å². The number of nitrogens with zero attached hydrogens (tertiary/aromatic N) is 3. The van der Waals surface area contributed by atoms with Gasteiger partial charge in [-0.25, -0.2) is 9.37 Å². The van der Waals surface area contributed by atoms with Gasteiger partial charge in [0.1, 0.15) is 11.4 Å². The normalized spacial score (nSPS) is 38.0. The number of fused-ring (bicyclic) bond motifs is 7. The fourth-order valence-corrected chi connectivity index (χ4v) is 6.87. The Morgan fingerprint density at radius 2 is 2.07 bits per heavy atom. The molecule has 0 saturated heterocycles. The van der Waals surface area contributed by atoms with Gasteiger partial charge < -0.3 is 9.67 Å². The monoisotopic (exact) mass is 399 g/mol. The summed E-state index contributed by atoms with van der Waals surface area (Å²) in [6.45, 7) is 4.31. The minimum absolute atomic E-state index is 0.290. The summed E-state index contributed by atoms with van der Waals surface area (Å²) in [6, 6.07) is 10.0. The Balaban J connectivity index is 1.56. The lowest BCUT2D eigenvalue weighted by Crippen LogP contribution is -2.69. The summed E-state index contributed by atoms with van der Waals surface area (Å²) in [4.78, 5) is 4.31. The van der Waals surface area contributed by atoms with E-state index in [1.807, 2.05) is 22.8 Å². The van der Waals surface area contributed by atoms with E-state index in [4.69, 9.17) is 0 Å². The number of halogens is 1. The molecule has 1 fully saturated rings. The van der Waals surface area contributed by atoms with E-state index in [9.17, 15) is 10.4 Å². The number of imidazole rings is 1. The summed E-state index contributed by atoms with van der Waals surface area (Å²) in [6.07, 6.45) is 9.96. The first-order valence-electron chi connectivity index (χ1n) is 10.4. The van der Waals surface area contributed by atoms with Crippen LogP contribution in [0.3, 0.4) is 0 Å². The van der Waals surface area contributed by atoms with E-state index in [1.54, 1.807) is 18.6 Å². The fraction of sp³-hybridized carbons (Fsp3) is 0.360. The number of rotatable bonds is 1. The van der Waals surface area contributed by atoms with Crippen molar-refractivity contribution in [1.29, 1.82) is 5.26 Å². The summed E-state index contributed by atoms with van der Waals surface area (Å²) in [5.41, 5.74) is 2.39. The average molecular weight is 399 g/mol. The molecule has 1 aliphatic heterocycles. The molecule has 1 saturated carbocycles. The second-order valence-electron chi connectivity index (χ2n) is 9.45. The highest BCUT2D eigenvalue weighted by Gasteiger charge is 2.80. The highest BCUT2D eigenvalue weighted by atomic mass is 19.1. The Morgan fingerprint density at radius 1 is 1.27 bits per heavy atom. The van der Waals surface area contributed by atoms with Crippen LogP contribution in [0.25, 0.3) is 6.08 Å². The van der Waals surface area contributed by atoms with Gasteiger partial charge in [-0.15, -0.1) is 0 Å². The predicted octanol–water partition coefficient (Wildman–Crippen LogP) is 4.61. The largest absolute Gasteiger partial charge is 0.378 e. The SMILES string of the molecule is CC12Cc3ccccc3C=C1C1(O)c3cncn3C(C3CC=C(C#N)C=C3F)C21C. The van der Waals surface area contributed by atoms with Crippen molar-refractivity contribution in [2.75, 3.05) is 0 Å². The van der Waals surface area contributed by atoms with Gasteiger partial charge in [0, 0.05) is 16.7 Å². The van der Waals surface area contributed by atoms with Crippen LogP contribution in [0, 0.1) is 28.1 Å². The molecule has 0 amide bonds. The molecule has 4 nitrogen and oxygen atoms in total. The van der Waals surface area contributed by atoms with Gasteiger partial charge in [0.2, 0.25) is 0 Å². The summed E-state index contributed by atoms with van der Waals surface area (Å²) in [5, 5.41) is 21.4. The third-order valence-electron chi connectivity index (χ3n) is 8.46. The summed E-state index contributed by atoms with van der Waals surface area (Å²) >= 11 is 0. The van der Waals surface area contributed by atoms with E-state index in [0.717, 1.165) is 23.3 Å². The zero-order valence-corrected chi connectivity index (χ0v) is 16.9.